The van der Waals surface area contributed by atoms with Gasteiger partial charge < -0.3 is 5.11 Å². The highest BCUT2D eigenvalue weighted by atomic mass is 16.3. The minimum Gasteiger partial charge on any atom is -0.387 e. The molecule has 0 spiro atoms. The summed E-state index contributed by atoms with van der Waals surface area (Å²) in [5.41, 5.74) is 2.10. The predicted molar refractivity (Wildman–Crippen MR) is 75.8 cm³/mol. The highest BCUT2D eigenvalue weighted by Gasteiger charge is 2.21. The third kappa shape index (κ3) is 3.03. The van der Waals surface area contributed by atoms with Gasteiger partial charge in [0.15, 0.2) is 0 Å². The van der Waals surface area contributed by atoms with Crippen LogP contribution in [0.2, 0.25) is 0 Å². The van der Waals surface area contributed by atoms with Crippen molar-refractivity contribution in [2.24, 2.45) is 5.92 Å². The number of benzene rings is 1. The van der Waals surface area contributed by atoms with Gasteiger partial charge in [0.2, 0.25) is 0 Å². The Kier molecular flexibility index (Phi) is 4.61. The molecule has 2 atom stereocenters. The van der Waals surface area contributed by atoms with Crippen LogP contribution in [0.15, 0.2) is 30.3 Å². The van der Waals surface area contributed by atoms with Gasteiger partial charge in [-0.25, -0.2) is 0 Å². The van der Waals surface area contributed by atoms with Gasteiger partial charge in [-0.3, -0.25) is 0 Å². The van der Waals surface area contributed by atoms with Crippen LogP contribution in [-0.2, 0) is 0 Å². The SMILES string of the molecule is CCCCCC#C[C@H]1C=Cc2ccccc2[C@H]1O. The van der Waals surface area contributed by atoms with Crippen LogP contribution in [0.25, 0.3) is 6.08 Å². The normalized spacial score (nSPS) is 21.0. The summed E-state index contributed by atoms with van der Waals surface area (Å²) in [6, 6.07) is 7.97. The molecule has 1 aromatic rings. The topological polar surface area (TPSA) is 20.2 Å². The summed E-state index contributed by atoms with van der Waals surface area (Å²) in [5, 5.41) is 10.3. The first kappa shape index (κ1) is 12.9. The molecule has 18 heavy (non-hydrogen) atoms. The lowest BCUT2D eigenvalue weighted by atomic mass is 9.87. The molecule has 94 valence electrons. The van der Waals surface area contributed by atoms with Crippen molar-refractivity contribution >= 4 is 6.08 Å². The molecule has 1 aliphatic rings. The van der Waals surface area contributed by atoms with Crippen molar-refractivity contribution in [3.8, 4) is 11.8 Å². The molecule has 0 unspecified atom stereocenters. The van der Waals surface area contributed by atoms with Crippen molar-refractivity contribution in [3.63, 3.8) is 0 Å². The maximum absolute atomic E-state index is 10.3. The number of aliphatic hydroxyl groups is 1. The number of unbranched alkanes of at least 4 members (excludes halogenated alkanes) is 3. The Morgan fingerprint density at radius 2 is 2.06 bits per heavy atom. The average molecular weight is 240 g/mol. The van der Waals surface area contributed by atoms with Crippen LogP contribution in [0, 0.1) is 17.8 Å². The zero-order valence-electron chi connectivity index (χ0n) is 10.9. The second-order valence-corrected chi connectivity index (χ2v) is 4.74. The van der Waals surface area contributed by atoms with E-state index in [-0.39, 0.29) is 5.92 Å². The number of rotatable bonds is 3. The maximum Gasteiger partial charge on any atom is 0.0968 e. The zero-order valence-corrected chi connectivity index (χ0v) is 10.9. The van der Waals surface area contributed by atoms with E-state index in [0.717, 1.165) is 24.0 Å². The van der Waals surface area contributed by atoms with Crippen molar-refractivity contribution < 1.29 is 5.11 Å². The molecule has 1 aliphatic carbocycles. The molecule has 1 heteroatoms. The molecule has 2 rings (SSSR count). The van der Waals surface area contributed by atoms with Crippen LogP contribution in [0.4, 0.5) is 0 Å². The number of hydrogen-bond donors (Lipinski definition) is 1. The minimum atomic E-state index is -0.482. The fourth-order valence-corrected chi connectivity index (χ4v) is 2.22. The molecule has 0 radical (unpaired) electrons. The summed E-state index contributed by atoms with van der Waals surface area (Å²) in [6.45, 7) is 2.19. The maximum atomic E-state index is 10.3. The zero-order chi connectivity index (χ0) is 12.8. The lowest BCUT2D eigenvalue weighted by Gasteiger charge is -2.21. The second kappa shape index (κ2) is 6.42. The Hall–Kier alpha value is -1.52. The number of aliphatic hydroxyl groups excluding tert-OH is 1. The first-order valence-electron chi connectivity index (χ1n) is 6.76. The third-order valence-corrected chi connectivity index (χ3v) is 3.31. The Bertz CT molecular complexity index is 476. The summed E-state index contributed by atoms with van der Waals surface area (Å²) in [5.74, 6) is 6.32. The fourth-order valence-electron chi connectivity index (χ4n) is 2.22. The molecule has 0 fully saturated rings. The second-order valence-electron chi connectivity index (χ2n) is 4.74. The molecule has 0 aromatic heterocycles. The standard InChI is InChI=1S/C17H20O/c1-2-3-4-5-6-10-15-13-12-14-9-7-8-11-16(14)17(15)18/h7-9,11-13,15,17-18H,2-5H2,1H3/t15-,17-/m0/s1. The monoisotopic (exact) mass is 240 g/mol. The van der Waals surface area contributed by atoms with Crippen LogP contribution in [-0.4, -0.2) is 5.11 Å². The van der Waals surface area contributed by atoms with E-state index in [1.54, 1.807) is 0 Å². The van der Waals surface area contributed by atoms with E-state index in [1.807, 2.05) is 30.3 Å². The summed E-state index contributed by atoms with van der Waals surface area (Å²) >= 11 is 0. The summed E-state index contributed by atoms with van der Waals surface area (Å²) in [4.78, 5) is 0. The highest BCUT2D eigenvalue weighted by Crippen LogP contribution is 2.31. The minimum absolute atomic E-state index is 0.0541. The number of hydrogen-bond acceptors (Lipinski definition) is 1. The van der Waals surface area contributed by atoms with Crippen LogP contribution < -0.4 is 0 Å². The molecule has 0 aliphatic heterocycles. The Morgan fingerprint density at radius 3 is 2.89 bits per heavy atom. The van der Waals surface area contributed by atoms with E-state index >= 15 is 0 Å². The molecule has 0 bridgehead atoms. The summed E-state index contributed by atoms with van der Waals surface area (Å²) in [7, 11) is 0. The van der Waals surface area contributed by atoms with E-state index in [1.165, 1.54) is 12.8 Å². The molecule has 1 nitrogen and oxygen atoms in total. The quantitative estimate of drug-likeness (QED) is 0.626. The first-order chi connectivity index (χ1) is 8.83. The fraction of sp³-hybridized carbons (Fsp3) is 0.412. The predicted octanol–water partition coefficient (Wildman–Crippen LogP) is 3.95. The summed E-state index contributed by atoms with van der Waals surface area (Å²) < 4.78 is 0. The molecule has 0 saturated carbocycles. The van der Waals surface area contributed by atoms with E-state index in [9.17, 15) is 5.11 Å². The average Bonchev–Trinajstić information content (AvgIpc) is 2.41. The molecule has 1 N–H and O–H groups in total. The highest BCUT2D eigenvalue weighted by molar-refractivity contribution is 5.58. The van der Waals surface area contributed by atoms with Gasteiger partial charge in [0.05, 0.1) is 12.0 Å². The van der Waals surface area contributed by atoms with Crippen molar-refractivity contribution in [2.75, 3.05) is 0 Å². The smallest absolute Gasteiger partial charge is 0.0968 e. The van der Waals surface area contributed by atoms with E-state index in [0.29, 0.717) is 0 Å². The first-order valence-corrected chi connectivity index (χ1v) is 6.76. The van der Waals surface area contributed by atoms with Crippen molar-refractivity contribution in [2.45, 2.75) is 38.7 Å². The van der Waals surface area contributed by atoms with Gasteiger partial charge in [-0.15, -0.1) is 5.92 Å². The molecule has 0 saturated heterocycles. The van der Waals surface area contributed by atoms with E-state index < -0.39 is 6.10 Å². The molecular weight excluding hydrogens is 220 g/mol. The van der Waals surface area contributed by atoms with Crippen molar-refractivity contribution in [3.05, 3.63) is 41.5 Å². The van der Waals surface area contributed by atoms with E-state index in [4.69, 9.17) is 0 Å². The van der Waals surface area contributed by atoms with Crippen LogP contribution in [0.1, 0.15) is 49.8 Å². The van der Waals surface area contributed by atoms with Crippen LogP contribution in [0.5, 0.6) is 0 Å². The summed E-state index contributed by atoms with van der Waals surface area (Å²) in [6.07, 6.45) is 8.15. The van der Waals surface area contributed by atoms with Gasteiger partial charge >= 0.3 is 0 Å². The Balaban J connectivity index is 2.01. The van der Waals surface area contributed by atoms with Gasteiger partial charge in [-0.2, -0.15) is 0 Å². The van der Waals surface area contributed by atoms with Crippen molar-refractivity contribution in [1.82, 2.24) is 0 Å². The Labute approximate surface area is 110 Å². The third-order valence-electron chi connectivity index (χ3n) is 3.31. The van der Waals surface area contributed by atoms with E-state index in [2.05, 4.69) is 24.8 Å². The van der Waals surface area contributed by atoms with Gasteiger partial charge in [0, 0.05) is 6.42 Å². The largest absolute Gasteiger partial charge is 0.387 e. The van der Waals surface area contributed by atoms with Crippen LogP contribution in [0.3, 0.4) is 0 Å². The van der Waals surface area contributed by atoms with Gasteiger partial charge in [0.1, 0.15) is 0 Å². The molecule has 0 amide bonds. The molecule has 0 heterocycles. The molecule has 1 aromatic carbocycles. The van der Waals surface area contributed by atoms with Crippen LogP contribution >= 0.6 is 0 Å². The van der Waals surface area contributed by atoms with Gasteiger partial charge in [-0.1, -0.05) is 62.1 Å². The lowest BCUT2D eigenvalue weighted by molar-refractivity contribution is 0.153. The van der Waals surface area contributed by atoms with Gasteiger partial charge in [-0.05, 0) is 17.5 Å². The lowest BCUT2D eigenvalue weighted by Crippen LogP contribution is -2.13. The number of fused-ring (bicyclic) bond motifs is 1. The van der Waals surface area contributed by atoms with Gasteiger partial charge in [0.25, 0.3) is 0 Å². The molecular formula is C17H20O. The Morgan fingerprint density at radius 1 is 1.22 bits per heavy atom. The van der Waals surface area contributed by atoms with Crippen molar-refractivity contribution in [1.29, 1.82) is 0 Å².